The Morgan fingerprint density at radius 2 is 1.78 bits per heavy atom. The van der Waals surface area contributed by atoms with Crippen LogP contribution in [0.1, 0.15) is 24.3 Å². The highest BCUT2D eigenvalue weighted by Gasteiger charge is 2.54. The first-order chi connectivity index (χ1) is 11.1. The molecule has 1 aromatic rings. The van der Waals surface area contributed by atoms with Gasteiger partial charge in [-0.05, 0) is 64.6 Å². The predicted molar refractivity (Wildman–Crippen MR) is 93.2 cm³/mol. The SMILES string of the molecule is N#CC1=C(N)C(C#N)(C#N)C(c2ccc(I)cc2)C2CCC=C12. The lowest BCUT2D eigenvalue weighted by atomic mass is 9.59. The van der Waals surface area contributed by atoms with E-state index in [0.717, 1.165) is 27.5 Å². The summed E-state index contributed by atoms with van der Waals surface area (Å²) in [6.07, 6.45) is 3.69. The first-order valence-corrected chi connectivity index (χ1v) is 8.35. The van der Waals surface area contributed by atoms with Gasteiger partial charge < -0.3 is 5.73 Å². The third-order valence-corrected chi connectivity index (χ3v) is 5.51. The molecule has 0 amide bonds. The Kier molecular flexibility index (Phi) is 3.88. The van der Waals surface area contributed by atoms with Crippen molar-refractivity contribution in [3.8, 4) is 18.2 Å². The molecule has 0 fully saturated rings. The van der Waals surface area contributed by atoms with Gasteiger partial charge in [0.05, 0.1) is 23.4 Å². The second kappa shape index (κ2) is 5.72. The lowest BCUT2D eigenvalue weighted by Gasteiger charge is -2.40. The van der Waals surface area contributed by atoms with Gasteiger partial charge in [0.2, 0.25) is 0 Å². The van der Waals surface area contributed by atoms with E-state index in [2.05, 4.69) is 40.8 Å². The largest absolute Gasteiger partial charge is 0.399 e. The van der Waals surface area contributed by atoms with Gasteiger partial charge in [-0.25, -0.2) is 0 Å². The van der Waals surface area contributed by atoms with E-state index in [0.29, 0.717) is 5.57 Å². The molecule has 0 aromatic heterocycles. The Morgan fingerprint density at radius 3 is 2.35 bits per heavy atom. The van der Waals surface area contributed by atoms with E-state index in [1.165, 1.54) is 0 Å². The fourth-order valence-corrected chi connectivity index (χ4v) is 4.10. The van der Waals surface area contributed by atoms with Crippen LogP contribution >= 0.6 is 22.6 Å². The average molecular weight is 412 g/mol. The van der Waals surface area contributed by atoms with E-state index >= 15 is 0 Å². The van der Waals surface area contributed by atoms with E-state index in [1.807, 2.05) is 30.3 Å². The van der Waals surface area contributed by atoms with Crippen LogP contribution < -0.4 is 5.73 Å². The third kappa shape index (κ3) is 2.14. The van der Waals surface area contributed by atoms with Crippen LogP contribution in [0.2, 0.25) is 0 Å². The van der Waals surface area contributed by atoms with E-state index in [1.54, 1.807) is 0 Å². The monoisotopic (exact) mass is 412 g/mol. The van der Waals surface area contributed by atoms with Crippen LogP contribution in [0, 0.1) is 48.9 Å². The third-order valence-electron chi connectivity index (χ3n) is 4.79. The minimum absolute atomic E-state index is 0.0173. The van der Waals surface area contributed by atoms with Crippen molar-refractivity contribution in [3.05, 3.63) is 56.3 Å². The maximum atomic E-state index is 9.81. The molecule has 112 valence electrons. The summed E-state index contributed by atoms with van der Waals surface area (Å²) in [5, 5.41) is 29.1. The fraction of sp³-hybridized carbons (Fsp3) is 0.278. The molecule has 0 spiro atoms. The molecular weight excluding hydrogens is 399 g/mol. The van der Waals surface area contributed by atoms with Crippen molar-refractivity contribution in [3.63, 3.8) is 0 Å². The van der Waals surface area contributed by atoms with Gasteiger partial charge in [0.25, 0.3) is 0 Å². The van der Waals surface area contributed by atoms with Gasteiger partial charge in [-0.2, -0.15) is 15.8 Å². The first-order valence-electron chi connectivity index (χ1n) is 7.27. The van der Waals surface area contributed by atoms with Gasteiger partial charge >= 0.3 is 0 Å². The highest BCUT2D eigenvalue weighted by Crippen LogP contribution is 2.56. The van der Waals surface area contributed by atoms with Crippen LogP contribution in [-0.2, 0) is 0 Å². The molecule has 2 aliphatic carbocycles. The van der Waals surface area contributed by atoms with Crippen LogP contribution in [0.4, 0.5) is 0 Å². The summed E-state index contributed by atoms with van der Waals surface area (Å²) in [6, 6.07) is 14.2. The van der Waals surface area contributed by atoms with E-state index in [4.69, 9.17) is 5.73 Å². The van der Waals surface area contributed by atoms with Gasteiger partial charge in [0.15, 0.2) is 5.41 Å². The molecule has 0 radical (unpaired) electrons. The summed E-state index contributed by atoms with van der Waals surface area (Å²) in [5.74, 6) is -0.364. The summed E-state index contributed by atoms with van der Waals surface area (Å²) in [7, 11) is 0. The maximum absolute atomic E-state index is 9.81. The molecule has 5 heteroatoms. The van der Waals surface area contributed by atoms with Crippen molar-refractivity contribution in [2.75, 3.05) is 0 Å². The van der Waals surface area contributed by atoms with Crippen LogP contribution in [0.5, 0.6) is 0 Å². The van der Waals surface area contributed by atoms with Crippen LogP contribution in [0.15, 0.2) is 47.2 Å². The quantitative estimate of drug-likeness (QED) is 0.714. The molecule has 4 nitrogen and oxygen atoms in total. The van der Waals surface area contributed by atoms with Crippen molar-refractivity contribution >= 4 is 22.6 Å². The normalized spacial score (nSPS) is 24.9. The second-order valence-corrected chi connectivity index (χ2v) is 7.05. The minimum atomic E-state index is -1.50. The van der Waals surface area contributed by atoms with E-state index in [-0.39, 0.29) is 17.5 Å². The number of allylic oxidation sites excluding steroid dienone is 4. The lowest BCUT2D eigenvalue weighted by Crippen LogP contribution is -2.41. The summed E-state index contributed by atoms with van der Waals surface area (Å²) >= 11 is 2.22. The molecule has 0 saturated carbocycles. The van der Waals surface area contributed by atoms with E-state index in [9.17, 15) is 15.8 Å². The average Bonchev–Trinajstić information content (AvgIpc) is 3.04. The topological polar surface area (TPSA) is 97.4 Å². The Balaban J connectivity index is 2.29. The van der Waals surface area contributed by atoms with Crippen molar-refractivity contribution in [2.24, 2.45) is 17.1 Å². The Hall–Kier alpha value is -2.30. The standard InChI is InChI=1S/C18H13IN4/c19-12-6-4-11(5-7-12)16-14-3-1-2-13(14)15(8-20)17(23)18(16,9-21)10-22/h2,4-7,14,16H,1,3,23H2. The molecule has 2 atom stereocenters. The summed E-state index contributed by atoms with van der Waals surface area (Å²) in [4.78, 5) is 0. The lowest BCUT2D eigenvalue weighted by molar-refractivity contribution is 0.345. The van der Waals surface area contributed by atoms with Gasteiger partial charge in [-0.1, -0.05) is 18.2 Å². The molecule has 0 saturated heterocycles. The number of hydrogen-bond donors (Lipinski definition) is 1. The van der Waals surface area contributed by atoms with Crippen molar-refractivity contribution in [1.82, 2.24) is 0 Å². The zero-order chi connectivity index (χ0) is 16.6. The number of rotatable bonds is 1. The highest BCUT2D eigenvalue weighted by molar-refractivity contribution is 14.1. The summed E-state index contributed by atoms with van der Waals surface area (Å²) in [6.45, 7) is 0. The van der Waals surface area contributed by atoms with Crippen LogP contribution in [0.25, 0.3) is 0 Å². The van der Waals surface area contributed by atoms with Crippen LogP contribution in [0.3, 0.4) is 0 Å². The molecule has 2 N–H and O–H groups in total. The first kappa shape index (κ1) is 15.6. The summed E-state index contributed by atoms with van der Waals surface area (Å²) < 4.78 is 1.09. The molecule has 1 aromatic carbocycles. The molecule has 2 aliphatic rings. The zero-order valence-corrected chi connectivity index (χ0v) is 14.4. The van der Waals surface area contributed by atoms with E-state index < -0.39 is 5.41 Å². The Morgan fingerprint density at radius 1 is 1.13 bits per heavy atom. The number of fused-ring (bicyclic) bond motifs is 1. The molecule has 2 unspecified atom stereocenters. The molecule has 0 heterocycles. The van der Waals surface area contributed by atoms with Crippen LogP contribution in [-0.4, -0.2) is 0 Å². The Labute approximate surface area is 148 Å². The number of hydrogen-bond acceptors (Lipinski definition) is 4. The van der Waals surface area contributed by atoms with Gasteiger partial charge in [0, 0.05) is 9.49 Å². The van der Waals surface area contributed by atoms with Crippen molar-refractivity contribution in [1.29, 1.82) is 15.8 Å². The highest BCUT2D eigenvalue weighted by atomic mass is 127. The number of benzene rings is 1. The molecule has 0 bridgehead atoms. The second-order valence-electron chi connectivity index (χ2n) is 5.80. The van der Waals surface area contributed by atoms with Crippen molar-refractivity contribution < 1.29 is 0 Å². The van der Waals surface area contributed by atoms with Gasteiger partial charge in [-0.15, -0.1) is 0 Å². The zero-order valence-electron chi connectivity index (χ0n) is 12.3. The van der Waals surface area contributed by atoms with Gasteiger partial charge in [0.1, 0.15) is 6.07 Å². The van der Waals surface area contributed by atoms with Gasteiger partial charge in [-0.3, -0.25) is 0 Å². The number of halogens is 1. The molecule has 3 rings (SSSR count). The fourth-order valence-electron chi connectivity index (χ4n) is 3.74. The molecule has 23 heavy (non-hydrogen) atoms. The number of nitrogens with zero attached hydrogens (tertiary/aromatic N) is 3. The number of nitriles is 3. The maximum Gasteiger partial charge on any atom is 0.191 e. The summed E-state index contributed by atoms with van der Waals surface area (Å²) in [5.41, 5.74) is 6.91. The molecule has 0 aliphatic heterocycles. The molecular formula is C18H13IN4. The Bertz CT molecular complexity index is 829. The minimum Gasteiger partial charge on any atom is -0.399 e. The predicted octanol–water partition coefficient (Wildman–Crippen LogP) is 3.49. The smallest absolute Gasteiger partial charge is 0.191 e. The van der Waals surface area contributed by atoms with Crippen molar-refractivity contribution in [2.45, 2.75) is 18.8 Å². The number of nitrogens with two attached hydrogens (primary N) is 1.